The Kier molecular flexibility index (Phi) is 4.18. The van der Waals surface area contributed by atoms with Gasteiger partial charge in [0, 0.05) is 29.1 Å². The van der Waals surface area contributed by atoms with E-state index in [1.54, 1.807) is 12.1 Å². The number of nitrogens with two attached hydrogens (primary N) is 1. The molecule has 0 saturated carbocycles. The number of hydrogen-bond donors (Lipinski definition) is 2. The molecule has 3 rings (SSSR count). The minimum atomic E-state index is -0.349. The first-order valence-electron chi connectivity index (χ1n) is 6.81. The monoisotopic (exact) mass is 316 g/mol. The van der Waals surface area contributed by atoms with E-state index in [2.05, 4.69) is 15.2 Å². The van der Waals surface area contributed by atoms with Gasteiger partial charge in [0.1, 0.15) is 11.6 Å². The summed E-state index contributed by atoms with van der Waals surface area (Å²) < 4.78 is 13.8. The lowest BCUT2D eigenvalue weighted by molar-refractivity contribution is 0.612. The van der Waals surface area contributed by atoms with Crippen molar-refractivity contribution in [3.05, 3.63) is 70.3 Å². The smallest absolute Gasteiger partial charge is 0.181 e. The highest BCUT2D eigenvalue weighted by atomic mass is 35.5. The van der Waals surface area contributed by atoms with Crippen LogP contribution >= 0.6 is 11.6 Å². The van der Waals surface area contributed by atoms with Gasteiger partial charge in [-0.15, -0.1) is 0 Å². The first kappa shape index (κ1) is 14.7. The Morgan fingerprint density at radius 1 is 1.14 bits per heavy atom. The van der Waals surface area contributed by atoms with E-state index < -0.39 is 0 Å². The van der Waals surface area contributed by atoms with Gasteiger partial charge in [-0.05, 0) is 17.7 Å². The number of aromatic amines is 1. The molecule has 1 aromatic heterocycles. The van der Waals surface area contributed by atoms with Gasteiger partial charge in [0.25, 0.3) is 0 Å². The summed E-state index contributed by atoms with van der Waals surface area (Å²) in [6.07, 6.45) is 0.263. The summed E-state index contributed by atoms with van der Waals surface area (Å²) in [6.45, 7) is 0.491. The molecule has 0 amide bonds. The molecule has 4 nitrogen and oxygen atoms in total. The minimum absolute atomic E-state index is 0.263. The zero-order chi connectivity index (χ0) is 15.5. The second-order valence-corrected chi connectivity index (χ2v) is 5.29. The van der Waals surface area contributed by atoms with Gasteiger partial charge in [0.05, 0.1) is 0 Å². The molecule has 0 aliphatic carbocycles. The van der Waals surface area contributed by atoms with Crippen molar-refractivity contribution in [2.24, 2.45) is 5.73 Å². The maximum absolute atomic E-state index is 13.8. The molecule has 0 unspecified atom stereocenters. The average Bonchev–Trinajstić information content (AvgIpc) is 3.00. The number of nitrogens with zero attached hydrogens (tertiary/aromatic N) is 2. The van der Waals surface area contributed by atoms with E-state index >= 15 is 0 Å². The van der Waals surface area contributed by atoms with Gasteiger partial charge < -0.3 is 5.73 Å². The van der Waals surface area contributed by atoms with Gasteiger partial charge in [-0.2, -0.15) is 5.10 Å². The van der Waals surface area contributed by atoms with Crippen LogP contribution in [0.1, 0.15) is 17.0 Å². The normalized spacial score (nSPS) is 10.9. The van der Waals surface area contributed by atoms with Crippen LogP contribution in [0.4, 0.5) is 4.39 Å². The molecule has 1 heterocycles. The van der Waals surface area contributed by atoms with Gasteiger partial charge in [-0.25, -0.2) is 9.37 Å². The van der Waals surface area contributed by atoms with Crippen LogP contribution in [-0.4, -0.2) is 15.2 Å². The van der Waals surface area contributed by atoms with Gasteiger partial charge in [-0.1, -0.05) is 41.9 Å². The largest absolute Gasteiger partial charge is 0.326 e. The maximum atomic E-state index is 13.8. The molecule has 0 saturated heterocycles. The number of H-pyrrole nitrogens is 1. The number of aromatic nitrogens is 3. The molecule has 0 aliphatic heterocycles. The third kappa shape index (κ3) is 3.00. The fourth-order valence-corrected chi connectivity index (χ4v) is 2.39. The highest BCUT2D eigenvalue weighted by Gasteiger charge is 2.12. The molecule has 3 aromatic rings. The van der Waals surface area contributed by atoms with Crippen molar-refractivity contribution in [2.45, 2.75) is 13.0 Å². The lowest BCUT2D eigenvalue weighted by Crippen LogP contribution is -1.96. The van der Waals surface area contributed by atoms with E-state index in [-0.39, 0.29) is 12.2 Å². The summed E-state index contributed by atoms with van der Waals surface area (Å²) in [5.41, 5.74) is 7.89. The fourth-order valence-electron chi connectivity index (χ4n) is 2.16. The van der Waals surface area contributed by atoms with Gasteiger partial charge in [0.15, 0.2) is 5.82 Å². The highest BCUT2D eigenvalue weighted by Crippen LogP contribution is 2.22. The summed E-state index contributed by atoms with van der Waals surface area (Å²) >= 11 is 6.02. The number of hydrogen-bond acceptors (Lipinski definition) is 3. The molecule has 0 radical (unpaired) electrons. The lowest BCUT2D eigenvalue weighted by atomic mass is 10.1. The van der Waals surface area contributed by atoms with Crippen molar-refractivity contribution >= 4 is 11.6 Å². The predicted octanol–water partition coefficient (Wildman–Crippen LogP) is 3.31. The first-order valence-corrected chi connectivity index (χ1v) is 7.18. The Morgan fingerprint density at radius 2 is 1.91 bits per heavy atom. The zero-order valence-corrected chi connectivity index (χ0v) is 12.4. The van der Waals surface area contributed by atoms with Crippen LogP contribution < -0.4 is 5.73 Å². The van der Waals surface area contributed by atoms with E-state index in [1.807, 2.05) is 24.3 Å². The number of benzene rings is 2. The zero-order valence-electron chi connectivity index (χ0n) is 11.7. The summed E-state index contributed by atoms with van der Waals surface area (Å²) in [4.78, 5) is 4.39. The fraction of sp³-hybridized carbons (Fsp3) is 0.125. The molecule has 22 heavy (non-hydrogen) atoms. The first-order chi connectivity index (χ1) is 10.7. The van der Waals surface area contributed by atoms with Crippen molar-refractivity contribution in [1.82, 2.24) is 15.2 Å². The Balaban J connectivity index is 1.84. The standard InChI is InChI=1S/C16H14ClFN4/c17-13-2-1-3-14(18)12(13)8-15-20-16(22-21-15)11-6-4-10(9-19)5-7-11/h1-7H,8-9,19H2,(H,20,21,22). The summed E-state index contributed by atoms with van der Waals surface area (Å²) in [5.74, 6) is 0.772. The second-order valence-electron chi connectivity index (χ2n) is 4.88. The van der Waals surface area contributed by atoms with Crippen LogP contribution in [-0.2, 0) is 13.0 Å². The molecule has 0 spiro atoms. The third-order valence-electron chi connectivity index (χ3n) is 3.39. The van der Waals surface area contributed by atoms with Crippen molar-refractivity contribution in [2.75, 3.05) is 0 Å². The Labute approximate surface area is 132 Å². The van der Waals surface area contributed by atoms with Gasteiger partial charge in [-0.3, -0.25) is 5.10 Å². The molecule has 0 bridgehead atoms. The molecule has 0 fully saturated rings. The number of rotatable bonds is 4. The SMILES string of the molecule is NCc1ccc(-c2n[nH]c(Cc3c(F)cccc3Cl)n2)cc1. The summed E-state index contributed by atoms with van der Waals surface area (Å²) in [7, 11) is 0. The van der Waals surface area contributed by atoms with Crippen LogP contribution in [0.5, 0.6) is 0 Å². The predicted molar refractivity (Wildman–Crippen MR) is 83.9 cm³/mol. The van der Waals surface area contributed by atoms with Crippen molar-refractivity contribution in [1.29, 1.82) is 0 Å². The van der Waals surface area contributed by atoms with E-state index in [4.69, 9.17) is 17.3 Å². The Morgan fingerprint density at radius 3 is 2.59 bits per heavy atom. The van der Waals surface area contributed by atoms with E-state index in [0.29, 0.717) is 28.8 Å². The van der Waals surface area contributed by atoms with E-state index in [0.717, 1.165) is 11.1 Å². The molecule has 112 valence electrons. The Hall–Kier alpha value is -2.24. The van der Waals surface area contributed by atoms with Crippen LogP contribution in [0.2, 0.25) is 5.02 Å². The van der Waals surface area contributed by atoms with Gasteiger partial charge in [0.2, 0.25) is 0 Å². The van der Waals surface area contributed by atoms with Crippen LogP contribution in [0.15, 0.2) is 42.5 Å². The topological polar surface area (TPSA) is 67.6 Å². The quantitative estimate of drug-likeness (QED) is 0.776. The summed E-state index contributed by atoms with van der Waals surface area (Å²) in [5, 5.41) is 7.37. The molecule has 3 N–H and O–H groups in total. The van der Waals surface area contributed by atoms with E-state index in [9.17, 15) is 4.39 Å². The molecular weight excluding hydrogens is 303 g/mol. The summed E-state index contributed by atoms with van der Waals surface area (Å²) in [6, 6.07) is 12.3. The van der Waals surface area contributed by atoms with Gasteiger partial charge >= 0.3 is 0 Å². The molecular formula is C16H14ClFN4. The van der Waals surface area contributed by atoms with Crippen LogP contribution in [0, 0.1) is 5.82 Å². The van der Waals surface area contributed by atoms with Crippen molar-refractivity contribution < 1.29 is 4.39 Å². The van der Waals surface area contributed by atoms with Crippen molar-refractivity contribution in [3.8, 4) is 11.4 Å². The number of nitrogens with one attached hydrogen (secondary N) is 1. The molecule has 6 heteroatoms. The lowest BCUT2D eigenvalue weighted by Gasteiger charge is -2.02. The third-order valence-corrected chi connectivity index (χ3v) is 3.74. The molecule has 2 aromatic carbocycles. The molecule has 0 atom stereocenters. The number of halogens is 2. The highest BCUT2D eigenvalue weighted by molar-refractivity contribution is 6.31. The van der Waals surface area contributed by atoms with Crippen molar-refractivity contribution in [3.63, 3.8) is 0 Å². The minimum Gasteiger partial charge on any atom is -0.326 e. The maximum Gasteiger partial charge on any atom is 0.181 e. The molecule has 0 aliphatic rings. The second kappa shape index (κ2) is 6.25. The van der Waals surface area contributed by atoms with Crippen LogP contribution in [0.3, 0.4) is 0 Å². The van der Waals surface area contributed by atoms with Crippen LogP contribution in [0.25, 0.3) is 11.4 Å². The Bertz CT molecular complexity index is 763. The average molecular weight is 317 g/mol. The van der Waals surface area contributed by atoms with E-state index in [1.165, 1.54) is 6.07 Å².